The second-order valence-corrected chi connectivity index (χ2v) is 4.18. The Morgan fingerprint density at radius 3 is 3.25 bits per heavy atom. The molecule has 0 fully saturated rings. The van der Waals surface area contributed by atoms with Gasteiger partial charge in [-0.3, -0.25) is 5.10 Å². The Morgan fingerprint density at radius 1 is 1.38 bits per heavy atom. The lowest BCUT2D eigenvalue weighted by Crippen LogP contribution is -1.99. The van der Waals surface area contributed by atoms with Gasteiger partial charge in [0.15, 0.2) is 0 Å². The Balaban J connectivity index is 1.86. The number of nitrogens with one attached hydrogen (secondary N) is 2. The van der Waals surface area contributed by atoms with E-state index in [1.54, 1.807) is 5.51 Å². The minimum atomic E-state index is 0.717. The lowest BCUT2D eigenvalue weighted by Gasteiger charge is -2.03. The molecule has 16 heavy (non-hydrogen) atoms. The standard InChI is InChI=1S/C10H9N5S/c1-2-7(4-11-10-15-13-6-16-10)9-8(3-1)5-12-14-9/h1-3,5-6H,4H2,(H,11,15)(H,12,14). The highest BCUT2D eigenvalue weighted by molar-refractivity contribution is 7.13. The normalized spacial score (nSPS) is 10.8. The Bertz CT molecular complexity index is 586. The zero-order valence-electron chi connectivity index (χ0n) is 8.34. The summed E-state index contributed by atoms with van der Waals surface area (Å²) >= 11 is 1.49. The Morgan fingerprint density at radius 2 is 2.38 bits per heavy atom. The maximum absolute atomic E-state index is 4.03. The van der Waals surface area contributed by atoms with E-state index in [2.05, 4.69) is 31.8 Å². The highest BCUT2D eigenvalue weighted by Gasteiger charge is 2.03. The molecule has 0 saturated heterocycles. The molecule has 0 bridgehead atoms. The summed E-state index contributed by atoms with van der Waals surface area (Å²) in [5.74, 6) is 0. The third kappa shape index (κ3) is 1.63. The summed E-state index contributed by atoms with van der Waals surface area (Å²) in [5, 5.41) is 19.9. The number of aromatic nitrogens is 4. The Hall–Kier alpha value is -1.95. The van der Waals surface area contributed by atoms with E-state index in [1.807, 2.05) is 18.3 Å². The molecule has 1 aromatic carbocycles. The molecule has 80 valence electrons. The zero-order chi connectivity index (χ0) is 10.8. The van der Waals surface area contributed by atoms with Gasteiger partial charge in [0.1, 0.15) is 5.51 Å². The molecular formula is C10H9N5S. The fourth-order valence-corrected chi connectivity index (χ4v) is 2.04. The minimum absolute atomic E-state index is 0.717. The van der Waals surface area contributed by atoms with E-state index in [9.17, 15) is 0 Å². The van der Waals surface area contributed by atoms with Crippen LogP contribution in [0.15, 0.2) is 29.9 Å². The van der Waals surface area contributed by atoms with E-state index in [-0.39, 0.29) is 0 Å². The van der Waals surface area contributed by atoms with Gasteiger partial charge < -0.3 is 5.32 Å². The maximum atomic E-state index is 4.03. The molecule has 0 unspecified atom stereocenters. The lowest BCUT2D eigenvalue weighted by molar-refractivity contribution is 1.05. The summed E-state index contributed by atoms with van der Waals surface area (Å²) in [4.78, 5) is 0. The molecule has 0 saturated carbocycles. The SMILES string of the molecule is c1cc(CNc2nncs2)c2[nH]ncc2c1. The fraction of sp³-hybridized carbons (Fsp3) is 0.100. The molecule has 2 aromatic heterocycles. The first-order valence-electron chi connectivity index (χ1n) is 4.84. The van der Waals surface area contributed by atoms with Crippen LogP contribution in [0.3, 0.4) is 0 Å². The number of aromatic amines is 1. The van der Waals surface area contributed by atoms with Crippen LogP contribution >= 0.6 is 11.3 Å². The quantitative estimate of drug-likeness (QED) is 0.723. The molecule has 0 aliphatic rings. The van der Waals surface area contributed by atoms with Crippen LogP contribution in [0.5, 0.6) is 0 Å². The van der Waals surface area contributed by atoms with Crippen molar-refractivity contribution in [2.45, 2.75) is 6.54 Å². The summed E-state index contributed by atoms with van der Waals surface area (Å²) in [6.45, 7) is 0.717. The molecule has 2 N–H and O–H groups in total. The molecule has 0 radical (unpaired) electrons. The molecule has 2 heterocycles. The minimum Gasteiger partial charge on any atom is -0.356 e. The van der Waals surface area contributed by atoms with Crippen LogP contribution in [0.25, 0.3) is 10.9 Å². The van der Waals surface area contributed by atoms with Gasteiger partial charge in [0.2, 0.25) is 5.13 Å². The van der Waals surface area contributed by atoms with E-state index < -0.39 is 0 Å². The van der Waals surface area contributed by atoms with Crippen molar-refractivity contribution in [2.24, 2.45) is 0 Å². The molecule has 0 amide bonds. The predicted molar refractivity (Wildman–Crippen MR) is 63.3 cm³/mol. The van der Waals surface area contributed by atoms with Gasteiger partial charge in [-0.15, -0.1) is 10.2 Å². The van der Waals surface area contributed by atoms with E-state index in [0.717, 1.165) is 16.0 Å². The summed E-state index contributed by atoms with van der Waals surface area (Å²) in [6.07, 6.45) is 1.82. The van der Waals surface area contributed by atoms with Gasteiger partial charge in [-0.1, -0.05) is 29.5 Å². The molecular weight excluding hydrogens is 222 g/mol. The van der Waals surface area contributed by atoms with Crippen molar-refractivity contribution in [1.29, 1.82) is 0 Å². The molecule has 0 aliphatic carbocycles. The second kappa shape index (κ2) is 3.90. The topological polar surface area (TPSA) is 66.5 Å². The van der Waals surface area contributed by atoms with Gasteiger partial charge in [0, 0.05) is 11.9 Å². The molecule has 0 atom stereocenters. The number of hydrogen-bond donors (Lipinski definition) is 2. The number of nitrogens with zero attached hydrogens (tertiary/aromatic N) is 3. The largest absolute Gasteiger partial charge is 0.356 e. The van der Waals surface area contributed by atoms with Crippen molar-refractivity contribution >= 4 is 27.4 Å². The molecule has 5 nitrogen and oxygen atoms in total. The smallest absolute Gasteiger partial charge is 0.205 e. The van der Waals surface area contributed by atoms with Crippen LogP contribution in [0.1, 0.15) is 5.56 Å². The molecule has 3 rings (SSSR count). The fourth-order valence-electron chi connectivity index (χ4n) is 1.60. The average Bonchev–Trinajstić information content (AvgIpc) is 2.97. The van der Waals surface area contributed by atoms with Gasteiger partial charge in [0.25, 0.3) is 0 Å². The first-order valence-corrected chi connectivity index (χ1v) is 5.72. The van der Waals surface area contributed by atoms with Gasteiger partial charge in [0.05, 0.1) is 11.7 Å². The number of H-pyrrole nitrogens is 1. The van der Waals surface area contributed by atoms with E-state index in [1.165, 1.54) is 16.9 Å². The first kappa shape index (κ1) is 9.29. The lowest BCUT2D eigenvalue weighted by atomic mass is 10.1. The van der Waals surface area contributed by atoms with Crippen molar-refractivity contribution in [1.82, 2.24) is 20.4 Å². The van der Waals surface area contributed by atoms with Crippen LogP contribution in [-0.2, 0) is 6.54 Å². The number of rotatable bonds is 3. The van der Waals surface area contributed by atoms with E-state index in [0.29, 0.717) is 6.54 Å². The van der Waals surface area contributed by atoms with Crippen molar-refractivity contribution < 1.29 is 0 Å². The molecule has 0 spiro atoms. The van der Waals surface area contributed by atoms with E-state index >= 15 is 0 Å². The third-order valence-electron chi connectivity index (χ3n) is 2.35. The number of para-hydroxylation sites is 1. The van der Waals surface area contributed by atoms with Crippen molar-refractivity contribution in [2.75, 3.05) is 5.32 Å². The van der Waals surface area contributed by atoms with Crippen molar-refractivity contribution in [3.8, 4) is 0 Å². The third-order valence-corrected chi connectivity index (χ3v) is 3.00. The van der Waals surface area contributed by atoms with Gasteiger partial charge >= 0.3 is 0 Å². The number of fused-ring (bicyclic) bond motifs is 1. The average molecular weight is 231 g/mol. The highest BCUT2D eigenvalue weighted by Crippen LogP contribution is 2.17. The summed E-state index contributed by atoms with van der Waals surface area (Å²) in [7, 11) is 0. The Labute approximate surface area is 95.5 Å². The van der Waals surface area contributed by atoms with Gasteiger partial charge in [-0.25, -0.2) is 0 Å². The molecule has 3 aromatic rings. The predicted octanol–water partition coefficient (Wildman–Crippen LogP) is 2.03. The highest BCUT2D eigenvalue weighted by atomic mass is 32.1. The maximum Gasteiger partial charge on any atom is 0.205 e. The summed E-state index contributed by atoms with van der Waals surface area (Å²) < 4.78 is 0. The van der Waals surface area contributed by atoms with Crippen LogP contribution in [0, 0.1) is 0 Å². The summed E-state index contributed by atoms with van der Waals surface area (Å²) in [5.41, 5.74) is 3.95. The zero-order valence-corrected chi connectivity index (χ0v) is 9.16. The first-order chi connectivity index (χ1) is 7.93. The molecule has 0 aliphatic heterocycles. The van der Waals surface area contributed by atoms with Crippen molar-refractivity contribution in [3.63, 3.8) is 0 Å². The van der Waals surface area contributed by atoms with Gasteiger partial charge in [-0.05, 0) is 5.56 Å². The van der Waals surface area contributed by atoms with Crippen molar-refractivity contribution in [3.05, 3.63) is 35.5 Å². The Kier molecular flexibility index (Phi) is 2.26. The van der Waals surface area contributed by atoms with Crippen LogP contribution in [-0.4, -0.2) is 20.4 Å². The second-order valence-electron chi connectivity index (χ2n) is 3.35. The van der Waals surface area contributed by atoms with Crippen LogP contribution in [0.4, 0.5) is 5.13 Å². The number of benzene rings is 1. The summed E-state index contributed by atoms with van der Waals surface area (Å²) in [6, 6.07) is 6.12. The van der Waals surface area contributed by atoms with Crippen LogP contribution in [0.2, 0.25) is 0 Å². The van der Waals surface area contributed by atoms with E-state index in [4.69, 9.17) is 0 Å². The van der Waals surface area contributed by atoms with Gasteiger partial charge in [-0.2, -0.15) is 5.10 Å². The van der Waals surface area contributed by atoms with Crippen LogP contribution < -0.4 is 5.32 Å². The number of hydrogen-bond acceptors (Lipinski definition) is 5. The number of anilines is 1. The monoisotopic (exact) mass is 231 g/mol. The molecule has 6 heteroatoms.